The number of anilines is 1. The summed E-state index contributed by atoms with van der Waals surface area (Å²) in [4.78, 5) is 42.2. The molecule has 1 fully saturated rings. The lowest BCUT2D eigenvalue weighted by Gasteiger charge is -2.33. The molecule has 0 spiro atoms. The summed E-state index contributed by atoms with van der Waals surface area (Å²) in [6.45, 7) is 3.76. The molecular weight excluding hydrogens is 518 g/mol. The van der Waals surface area contributed by atoms with E-state index >= 15 is 0 Å². The molecule has 41 heavy (non-hydrogen) atoms. The molecule has 0 aliphatic heterocycles. The fraction of sp³-hybridized carbons (Fsp3) is 0.344. The Morgan fingerprint density at radius 2 is 1.76 bits per heavy atom. The van der Waals surface area contributed by atoms with Crippen LogP contribution in [0.5, 0.6) is 5.75 Å². The molecule has 212 valence electrons. The number of nitrogens with zero attached hydrogens (tertiary/aromatic N) is 4. The second-order valence-electron chi connectivity index (χ2n) is 10.4. The Hall–Kier alpha value is -4.53. The molecule has 2 amide bonds. The van der Waals surface area contributed by atoms with Crippen molar-refractivity contribution in [3.63, 3.8) is 0 Å². The Labute approximate surface area is 239 Å². The number of benzene rings is 3. The van der Waals surface area contributed by atoms with Gasteiger partial charge in [0, 0.05) is 17.3 Å². The molecule has 1 heterocycles. The van der Waals surface area contributed by atoms with Gasteiger partial charge in [-0.15, -0.1) is 5.10 Å². The van der Waals surface area contributed by atoms with Gasteiger partial charge in [0.25, 0.3) is 0 Å². The molecule has 1 unspecified atom stereocenters. The number of amides is 2. The van der Waals surface area contributed by atoms with Gasteiger partial charge in [-0.3, -0.25) is 19.3 Å². The average molecular weight is 554 g/mol. The zero-order valence-corrected chi connectivity index (χ0v) is 23.5. The molecule has 1 aliphatic rings. The second kappa shape index (κ2) is 12.8. The van der Waals surface area contributed by atoms with Gasteiger partial charge in [0.1, 0.15) is 23.9 Å². The van der Waals surface area contributed by atoms with Crippen LogP contribution in [-0.4, -0.2) is 45.2 Å². The van der Waals surface area contributed by atoms with Gasteiger partial charge in [-0.2, -0.15) is 0 Å². The molecule has 3 aromatic carbocycles. The second-order valence-corrected chi connectivity index (χ2v) is 10.4. The number of ketones is 1. The maximum Gasteiger partial charge on any atom is 0.249 e. The summed E-state index contributed by atoms with van der Waals surface area (Å²) in [5.74, 6) is -0.0934. The molecular formula is C32H35N5O4. The first-order valence-electron chi connectivity index (χ1n) is 14.2. The number of carbonyl (C=O) groups is 3. The fourth-order valence-corrected chi connectivity index (χ4v) is 5.41. The van der Waals surface area contributed by atoms with Gasteiger partial charge in [0.05, 0.1) is 12.1 Å². The van der Waals surface area contributed by atoms with E-state index in [2.05, 4.69) is 15.6 Å². The van der Waals surface area contributed by atoms with Crippen LogP contribution < -0.4 is 15.0 Å². The predicted molar refractivity (Wildman–Crippen MR) is 157 cm³/mol. The minimum absolute atomic E-state index is 0.0428. The van der Waals surface area contributed by atoms with Gasteiger partial charge in [-0.05, 0) is 68.7 Å². The van der Waals surface area contributed by atoms with Crippen molar-refractivity contribution in [3.8, 4) is 5.75 Å². The number of carbonyl (C=O) groups excluding carboxylic acids is 3. The van der Waals surface area contributed by atoms with E-state index in [1.165, 1.54) is 16.5 Å². The Kier molecular flexibility index (Phi) is 8.72. The lowest BCUT2D eigenvalue weighted by molar-refractivity contribution is -0.127. The third-order valence-corrected chi connectivity index (χ3v) is 7.47. The molecule has 1 aromatic heterocycles. The first-order chi connectivity index (χ1) is 19.9. The summed E-state index contributed by atoms with van der Waals surface area (Å²) in [6.07, 6.45) is 5.08. The van der Waals surface area contributed by atoms with E-state index in [0.717, 1.165) is 32.1 Å². The number of aromatic nitrogens is 3. The summed E-state index contributed by atoms with van der Waals surface area (Å²) in [6, 6.07) is 20.5. The van der Waals surface area contributed by atoms with Crippen LogP contribution in [0.2, 0.25) is 0 Å². The van der Waals surface area contributed by atoms with Gasteiger partial charge >= 0.3 is 0 Å². The van der Waals surface area contributed by atoms with Crippen LogP contribution in [0.1, 0.15) is 67.9 Å². The molecule has 1 aliphatic carbocycles. The van der Waals surface area contributed by atoms with Gasteiger partial charge in [-0.1, -0.05) is 60.9 Å². The minimum Gasteiger partial charge on any atom is -0.494 e. The van der Waals surface area contributed by atoms with Crippen molar-refractivity contribution < 1.29 is 19.1 Å². The SMILES string of the molecule is CCOc1ccc(C(C(=O)NC2CCCCC2)N(C(=O)Cn2nnc3ccccc32)c2cccc(C(C)=O)c2)cc1. The summed E-state index contributed by atoms with van der Waals surface area (Å²) in [5, 5.41) is 11.6. The van der Waals surface area contributed by atoms with E-state index in [1.807, 2.05) is 43.3 Å². The van der Waals surface area contributed by atoms with Crippen LogP contribution in [-0.2, 0) is 16.1 Å². The van der Waals surface area contributed by atoms with E-state index in [9.17, 15) is 14.4 Å². The van der Waals surface area contributed by atoms with Gasteiger partial charge in [-0.25, -0.2) is 4.68 Å². The largest absolute Gasteiger partial charge is 0.494 e. The van der Waals surface area contributed by atoms with Crippen molar-refractivity contribution >= 4 is 34.3 Å². The number of hydrogen-bond acceptors (Lipinski definition) is 6. The topological polar surface area (TPSA) is 106 Å². The highest BCUT2D eigenvalue weighted by Crippen LogP contribution is 2.31. The maximum absolute atomic E-state index is 14.3. The number of ether oxygens (including phenoxy) is 1. The van der Waals surface area contributed by atoms with Crippen molar-refractivity contribution in [1.82, 2.24) is 20.3 Å². The van der Waals surface area contributed by atoms with Gasteiger partial charge in [0.15, 0.2) is 5.78 Å². The smallest absolute Gasteiger partial charge is 0.249 e. The summed E-state index contributed by atoms with van der Waals surface area (Å²) < 4.78 is 7.17. The van der Waals surface area contributed by atoms with Crippen molar-refractivity contribution in [2.45, 2.75) is 64.6 Å². The fourth-order valence-electron chi connectivity index (χ4n) is 5.41. The first kappa shape index (κ1) is 28.0. The van der Waals surface area contributed by atoms with Crippen LogP contribution in [0.4, 0.5) is 5.69 Å². The highest BCUT2D eigenvalue weighted by atomic mass is 16.5. The van der Waals surface area contributed by atoms with Crippen LogP contribution in [0, 0.1) is 0 Å². The zero-order valence-electron chi connectivity index (χ0n) is 23.5. The normalized spacial score (nSPS) is 14.4. The van der Waals surface area contributed by atoms with Crippen molar-refractivity contribution in [1.29, 1.82) is 0 Å². The Morgan fingerprint density at radius 1 is 1.00 bits per heavy atom. The first-order valence-corrected chi connectivity index (χ1v) is 14.2. The lowest BCUT2D eigenvalue weighted by Crippen LogP contribution is -2.48. The van der Waals surface area contributed by atoms with E-state index in [-0.39, 0.29) is 30.2 Å². The summed E-state index contributed by atoms with van der Waals surface area (Å²) in [5.41, 5.74) is 2.91. The third kappa shape index (κ3) is 6.45. The monoisotopic (exact) mass is 553 g/mol. The number of nitrogens with one attached hydrogen (secondary N) is 1. The van der Waals surface area contributed by atoms with Crippen molar-refractivity contribution in [2.24, 2.45) is 0 Å². The van der Waals surface area contributed by atoms with Gasteiger partial charge < -0.3 is 10.1 Å². The van der Waals surface area contributed by atoms with Crippen LogP contribution in [0.3, 0.4) is 0 Å². The van der Waals surface area contributed by atoms with Crippen LogP contribution in [0.15, 0.2) is 72.8 Å². The molecule has 4 aromatic rings. The Bertz CT molecular complexity index is 1520. The van der Waals surface area contributed by atoms with E-state index in [1.54, 1.807) is 36.4 Å². The lowest BCUT2D eigenvalue weighted by atomic mass is 9.94. The standard InChI is InChI=1S/C32H35N5O4/c1-3-41-27-18-16-23(17-19-27)31(32(40)33-25-11-5-4-6-12-25)37(26-13-9-10-24(20-26)22(2)38)30(39)21-36-29-15-8-7-14-28(29)34-35-36/h7-10,13-20,25,31H,3-6,11-12,21H2,1-2H3,(H,33,40). The molecule has 5 rings (SSSR count). The van der Waals surface area contributed by atoms with Crippen molar-refractivity contribution in [2.75, 3.05) is 11.5 Å². The molecule has 9 nitrogen and oxygen atoms in total. The number of hydrogen-bond donors (Lipinski definition) is 1. The summed E-state index contributed by atoms with van der Waals surface area (Å²) in [7, 11) is 0. The van der Waals surface area contributed by atoms with E-state index in [4.69, 9.17) is 4.74 Å². The molecule has 0 saturated heterocycles. The zero-order chi connectivity index (χ0) is 28.8. The quantitative estimate of drug-likeness (QED) is 0.269. The van der Waals surface area contributed by atoms with Gasteiger partial charge in [0.2, 0.25) is 11.8 Å². The Balaban J connectivity index is 1.59. The number of rotatable bonds is 10. The third-order valence-electron chi connectivity index (χ3n) is 7.47. The average Bonchev–Trinajstić information content (AvgIpc) is 3.39. The molecule has 0 bridgehead atoms. The molecule has 9 heteroatoms. The molecule has 1 atom stereocenters. The van der Waals surface area contributed by atoms with E-state index < -0.39 is 6.04 Å². The molecule has 1 N–H and O–H groups in total. The van der Waals surface area contributed by atoms with Crippen LogP contribution >= 0.6 is 0 Å². The highest BCUT2D eigenvalue weighted by molar-refractivity contribution is 6.03. The maximum atomic E-state index is 14.3. The Morgan fingerprint density at radius 3 is 2.49 bits per heavy atom. The van der Waals surface area contributed by atoms with Crippen LogP contribution in [0.25, 0.3) is 11.0 Å². The minimum atomic E-state index is -0.989. The van der Waals surface area contributed by atoms with Crippen molar-refractivity contribution in [3.05, 3.63) is 83.9 Å². The molecule has 1 saturated carbocycles. The van der Waals surface area contributed by atoms with E-state index in [0.29, 0.717) is 40.2 Å². The highest BCUT2D eigenvalue weighted by Gasteiger charge is 2.35. The molecule has 0 radical (unpaired) electrons. The predicted octanol–water partition coefficient (Wildman–Crippen LogP) is 5.26. The summed E-state index contributed by atoms with van der Waals surface area (Å²) >= 11 is 0. The number of fused-ring (bicyclic) bond motifs is 1. The number of para-hydroxylation sites is 1. The number of Topliss-reactive ketones (excluding diaryl/α,β-unsaturated/α-hetero) is 1.